The lowest BCUT2D eigenvalue weighted by Gasteiger charge is -2.29. The zero-order valence-electron chi connectivity index (χ0n) is 25.2. The third-order valence-corrected chi connectivity index (χ3v) is 9.44. The number of nitrogens with zero attached hydrogens (tertiary/aromatic N) is 2. The van der Waals surface area contributed by atoms with Gasteiger partial charge in [0.15, 0.2) is 0 Å². The van der Waals surface area contributed by atoms with Crippen molar-refractivity contribution in [1.29, 1.82) is 0 Å². The van der Waals surface area contributed by atoms with Crippen LogP contribution < -0.4 is 10.6 Å². The van der Waals surface area contributed by atoms with Gasteiger partial charge in [-0.25, -0.2) is 14.4 Å². The standard InChI is InChI=1S/C32H40N4O9/c37-27-26-14-24(45-31(42)35-16-20-8-6-7-9-21(20)17-35)18-36(26)28(38)25(33-30(41)44-23-12-13-43-19-23)11-5-3-1-2-4-10-22-15-32(22,34-27)29(39)40/h4,6-10,22-26H,1-3,5,11-19H2,(H,33,41)(H,34,37)(H,39,40)/t22-,23-,24-,25+,26+,32-/m1/s1. The number of benzene rings is 1. The number of hydrogen-bond donors (Lipinski definition) is 3. The number of carboxylic acid groups (broad SMARTS) is 1. The van der Waals surface area contributed by atoms with Gasteiger partial charge in [-0.2, -0.15) is 0 Å². The number of carbonyl (C=O) groups is 5. The van der Waals surface area contributed by atoms with E-state index in [0.29, 0.717) is 39.0 Å². The minimum Gasteiger partial charge on any atom is -0.479 e. The van der Waals surface area contributed by atoms with Crippen LogP contribution in [0.15, 0.2) is 36.4 Å². The molecule has 0 aromatic heterocycles. The highest BCUT2D eigenvalue weighted by Crippen LogP contribution is 2.45. The molecule has 2 saturated heterocycles. The van der Waals surface area contributed by atoms with Gasteiger partial charge in [0.25, 0.3) is 0 Å². The summed E-state index contributed by atoms with van der Waals surface area (Å²) < 4.78 is 16.6. The van der Waals surface area contributed by atoms with E-state index < -0.39 is 59.8 Å². The van der Waals surface area contributed by atoms with Crippen molar-refractivity contribution in [1.82, 2.24) is 20.4 Å². The third-order valence-electron chi connectivity index (χ3n) is 9.44. The lowest BCUT2D eigenvalue weighted by molar-refractivity contribution is -0.145. The molecule has 5 aliphatic rings. The molecule has 0 spiro atoms. The van der Waals surface area contributed by atoms with E-state index in [1.54, 1.807) is 4.90 Å². The number of amides is 4. The number of allylic oxidation sites excluding steroid dienone is 1. The number of carboxylic acids is 1. The van der Waals surface area contributed by atoms with Gasteiger partial charge in [-0.15, -0.1) is 0 Å². The first-order valence-corrected chi connectivity index (χ1v) is 15.8. The van der Waals surface area contributed by atoms with Crippen LogP contribution in [0.3, 0.4) is 0 Å². The van der Waals surface area contributed by atoms with Crippen molar-refractivity contribution in [3.63, 3.8) is 0 Å². The van der Waals surface area contributed by atoms with Crippen molar-refractivity contribution in [3.8, 4) is 0 Å². The smallest absolute Gasteiger partial charge is 0.410 e. The van der Waals surface area contributed by atoms with Crippen LogP contribution in [0, 0.1) is 5.92 Å². The van der Waals surface area contributed by atoms with Crippen LogP contribution in [-0.4, -0.2) is 94.5 Å². The molecule has 1 aromatic carbocycles. The topological polar surface area (TPSA) is 164 Å². The average molecular weight is 625 g/mol. The van der Waals surface area contributed by atoms with Gasteiger partial charge in [0.2, 0.25) is 11.8 Å². The fourth-order valence-electron chi connectivity index (χ4n) is 6.76. The Morgan fingerprint density at radius 1 is 1.02 bits per heavy atom. The SMILES string of the molecule is O=C(N[C@H]1CCCCCC=C[C@@H]2C[C@@]2(C(=O)O)NC(=O)[C@@H]2C[C@@H](OC(=O)N3Cc4ccccc4C3)CN2C1=O)O[C@@H]1CCOC1. The number of hydrogen-bond acceptors (Lipinski definition) is 8. The fraction of sp³-hybridized carbons (Fsp3) is 0.594. The number of alkyl carbamates (subject to hydrolysis) is 1. The van der Waals surface area contributed by atoms with E-state index in [1.165, 1.54) is 4.90 Å². The summed E-state index contributed by atoms with van der Waals surface area (Å²) in [6.07, 6.45) is 5.39. The van der Waals surface area contributed by atoms with E-state index in [9.17, 15) is 29.1 Å². The molecule has 45 heavy (non-hydrogen) atoms. The van der Waals surface area contributed by atoms with Gasteiger partial charge >= 0.3 is 18.2 Å². The van der Waals surface area contributed by atoms with Gasteiger partial charge < -0.3 is 34.9 Å². The second-order valence-electron chi connectivity index (χ2n) is 12.6. The summed E-state index contributed by atoms with van der Waals surface area (Å²) in [6.45, 7) is 1.49. The molecule has 1 saturated carbocycles. The largest absolute Gasteiger partial charge is 0.479 e. The van der Waals surface area contributed by atoms with Crippen LogP contribution in [0.25, 0.3) is 0 Å². The molecule has 4 aliphatic heterocycles. The normalized spacial score (nSPS) is 31.5. The Labute approximate surface area is 261 Å². The van der Waals surface area contributed by atoms with Gasteiger partial charge in [-0.3, -0.25) is 14.5 Å². The molecular formula is C32H40N4O9. The van der Waals surface area contributed by atoms with Crippen molar-refractivity contribution in [2.45, 2.75) is 94.3 Å². The first-order valence-electron chi connectivity index (χ1n) is 15.8. The molecule has 3 fully saturated rings. The molecule has 4 amide bonds. The molecule has 0 unspecified atom stereocenters. The summed E-state index contributed by atoms with van der Waals surface area (Å²) in [5.74, 6) is -2.64. The number of nitrogens with one attached hydrogen (secondary N) is 2. The van der Waals surface area contributed by atoms with Crippen LogP contribution in [0.2, 0.25) is 0 Å². The summed E-state index contributed by atoms with van der Waals surface area (Å²) in [4.78, 5) is 69.0. The first-order chi connectivity index (χ1) is 21.7. The van der Waals surface area contributed by atoms with E-state index in [2.05, 4.69) is 10.6 Å². The number of rotatable bonds is 4. The number of carbonyl (C=O) groups excluding carboxylic acids is 4. The molecule has 4 heterocycles. The highest BCUT2D eigenvalue weighted by Gasteiger charge is 2.61. The monoisotopic (exact) mass is 624 g/mol. The minimum atomic E-state index is -1.45. The zero-order valence-corrected chi connectivity index (χ0v) is 25.2. The Bertz CT molecular complexity index is 1340. The van der Waals surface area contributed by atoms with Crippen LogP contribution in [-0.2, 0) is 41.7 Å². The van der Waals surface area contributed by atoms with Crippen LogP contribution >= 0.6 is 0 Å². The van der Waals surface area contributed by atoms with Gasteiger partial charge in [0.05, 0.1) is 19.8 Å². The van der Waals surface area contributed by atoms with Gasteiger partial charge in [-0.1, -0.05) is 49.3 Å². The number of fused-ring (bicyclic) bond motifs is 3. The van der Waals surface area contributed by atoms with Crippen molar-refractivity contribution in [2.24, 2.45) is 5.92 Å². The molecule has 242 valence electrons. The maximum absolute atomic E-state index is 14.1. The Hall–Kier alpha value is -4.13. The highest BCUT2D eigenvalue weighted by atomic mass is 16.6. The number of aliphatic carboxylic acids is 1. The second kappa shape index (κ2) is 13.1. The van der Waals surface area contributed by atoms with Crippen LogP contribution in [0.4, 0.5) is 9.59 Å². The summed E-state index contributed by atoms with van der Waals surface area (Å²) in [6, 6.07) is 5.64. The molecule has 0 radical (unpaired) electrons. The molecule has 1 aromatic rings. The summed E-state index contributed by atoms with van der Waals surface area (Å²) in [5, 5.41) is 15.5. The fourth-order valence-corrected chi connectivity index (χ4v) is 6.76. The average Bonchev–Trinajstić information content (AvgIpc) is 3.43. The van der Waals surface area contributed by atoms with E-state index >= 15 is 0 Å². The highest BCUT2D eigenvalue weighted by molar-refractivity contribution is 5.96. The van der Waals surface area contributed by atoms with E-state index in [1.807, 2.05) is 36.4 Å². The van der Waals surface area contributed by atoms with E-state index in [4.69, 9.17) is 14.2 Å². The maximum atomic E-state index is 14.1. The molecule has 6 rings (SSSR count). The van der Waals surface area contributed by atoms with E-state index in [-0.39, 0.29) is 31.9 Å². The Balaban J connectivity index is 1.20. The van der Waals surface area contributed by atoms with Gasteiger partial charge in [0.1, 0.15) is 29.8 Å². The molecular weight excluding hydrogens is 584 g/mol. The predicted molar refractivity (Wildman–Crippen MR) is 158 cm³/mol. The van der Waals surface area contributed by atoms with Gasteiger partial charge in [0, 0.05) is 31.8 Å². The third kappa shape index (κ3) is 6.77. The Morgan fingerprint density at radius 2 is 1.80 bits per heavy atom. The summed E-state index contributed by atoms with van der Waals surface area (Å²) >= 11 is 0. The second-order valence-corrected chi connectivity index (χ2v) is 12.6. The molecule has 1 aliphatic carbocycles. The lowest BCUT2D eigenvalue weighted by Crippen LogP contribution is -2.56. The van der Waals surface area contributed by atoms with Crippen LogP contribution in [0.1, 0.15) is 62.5 Å². The Morgan fingerprint density at radius 3 is 2.51 bits per heavy atom. The molecule has 13 nitrogen and oxygen atoms in total. The predicted octanol–water partition coefficient (Wildman–Crippen LogP) is 2.47. The molecule has 6 atom stereocenters. The summed E-state index contributed by atoms with van der Waals surface area (Å²) in [7, 11) is 0. The Kier molecular flexibility index (Phi) is 8.97. The lowest BCUT2D eigenvalue weighted by atomic mass is 10.0. The number of ether oxygens (including phenoxy) is 3. The van der Waals surface area contributed by atoms with Crippen molar-refractivity contribution in [2.75, 3.05) is 19.8 Å². The maximum Gasteiger partial charge on any atom is 0.410 e. The molecule has 13 heteroatoms. The van der Waals surface area contributed by atoms with Gasteiger partial charge in [-0.05, 0) is 36.8 Å². The van der Waals surface area contributed by atoms with Crippen molar-refractivity contribution < 1.29 is 43.3 Å². The summed E-state index contributed by atoms with van der Waals surface area (Å²) in [5.41, 5.74) is 0.601. The zero-order chi connectivity index (χ0) is 31.6. The van der Waals surface area contributed by atoms with Crippen LogP contribution in [0.5, 0.6) is 0 Å². The van der Waals surface area contributed by atoms with E-state index in [0.717, 1.165) is 30.4 Å². The van der Waals surface area contributed by atoms with Crippen molar-refractivity contribution in [3.05, 3.63) is 47.5 Å². The minimum absolute atomic E-state index is 0.00309. The first kappa shape index (κ1) is 30.9. The molecule has 3 N–H and O–H groups in total. The van der Waals surface area contributed by atoms with Crippen molar-refractivity contribution >= 4 is 30.0 Å². The quantitative estimate of drug-likeness (QED) is 0.427. The molecule has 0 bridgehead atoms.